The maximum absolute atomic E-state index is 12.6. The van der Waals surface area contributed by atoms with Crippen molar-refractivity contribution in [1.82, 2.24) is 19.8 Å². The van der Waals surface area contributed by atoms with Crippen LogP contribution in [0.5, 0.6) is 5.75 Å². The summed E-state index contributed by atoms with van der Waals surface area (Å²) in [7, 11) is 0. The molecule has 1 N–H and O–H groups in total. The van der Waals surface area contributed by atoms with Crippen molar-refractivity contribution >= 4 is 17.5 Å². The maximum Gasteiger partial charge on any atom is 0.257 e. The number of carbonyl (C=O) groups is 1. The molecule has 1 amide bonds. The molecule has 1 aliphatic rings. The number of amides is 1. The number of nitrogens with zero attached hydrogens (tertiary/aromatic N) is 4. The summed E-state index contributed by atoms with van der Waals surface area (Å²) in [6.07, 6.45) is 3.15. The summed E-state index contributed by atoms with van der Waals surface area (Å²) >= 11 is 0. The van der Waals surface area contributed by atoms with Gasteiger partial charge in [0.15, 0.2) is 0 Å². The summed E-state index contributed by atoms with van der Waals surface area (Å²) in [4.78, 5) is 25.4. The summed E-state index contributed by atoms with van der Waals surface area (Å²) < 4.78 is 5.59. The van der Waals surface area contributed by atoms with Gasteiger partial charge in [-0.3, -0.25) is 4.79 Å². The zero-order chi connectivity index (χ0) is 18.4. The van der Waals surface area contributed by atoms with Crippen LogP contribution in [0, 0.1) is 0 Å². The van der Waals surface area contributed by atoms with Gasteiger partial charge in [0, 0.05) is 38.6 Å². The molecule has 0 aliphatic carbocycles. The summed E-state index contributed by atoms with van der Waals surface area (Å²) in [6, 6.07) is 7.62. The number of hydrogen-bond acceptors (Lipinski definition) is 6. The number of likely N-dealkylation sites (N-methyl/N-ethyl adjacent to an activating group) is 1. The van der Waals surface area contributed by atoms with Gasteiger partial charge in [0.25, 0.3) is 5.91 Å². The third-order valence-corrected chi connectivity index (χ3v) is 4.44. The van der Waals surface area contributed by atoms with Crippen molar-refractivity contribution in [2.45, 2.75) is 13.8 Å². The van der Waals surface area contributed by atoms with Crippen LogP contribution in [0.1, 0.15) is 24.2 Å². The van der Waals surface area contributed by atoms with E-state index in [9.17, 15) is 4.79 Å². The van der Waals surface area contributed by atoms with Crippen LogP contribution in [0.25, 0.3) is 0 Å². The smallest absolute Gasteiger partial charge is 0.257 e. The van der Waals surface area contributed by atoms with Gasteiger partial charge in [-0.05, 0) is 25.6 Å². The minimum absolute atomic E-state index is 0.0120. The molecular weight excluding hydrogens is 330 g/mol. The Balaban J connectivity index is 1.64. The van der Waals surface area contributed by atoms with Crippen molar-refractivity contribution in [3.63, 3.8) is 0 Å². The average Bonchev–Trinajstić information content (AvgIpc) is 2.70. The number of piperazine rings is 1. The van der Waals surface area contributed by atoms with Crippen molar-refractivity contribution in [2.75, 3.05) is 44.6 Å². The first-order valence-corrected chi connectivity index (χ1v) is 9.03. The Morgan fingerprint density at radius 2 is 1.81 bits per heavy atom. The lowest BCUT2D eigenvalue weighted by molar-refractivity contribution is 0.0642. The molecule has 7 nitrogen and oxygen atoms in total. The van der Waals surface area contributed by atoms with E-state index < -0.39 is 0 Å². The van der Waals surface area contributed by atoms with Gasteiger partial charge in [0.1, 0.15) is 5.75 Å². The summed E-state index contributed by atoms with van der Waals surface area (Å²) in [5, 5.41) is 3.14. The monoisotopic (exact) mass is 355 g/mol. The summed E-state index contributed by atoms with van der Waals surface area (Å²) in [5.41, 5.74) is 1.31. The number of nitrogens with one attached hydrogen (secondary N) is 1. The topological polar surface area (TPSA) is 70.6 Å². The van der Waals surface area contributed by atoms with Gasteiger partial charge in [-0.15, -0.1) is 0 Å². The first-order chi connectivity index (χ1) is 12.7. The van der Waals surface area contributed by atoms with Crippen LogP contribution in [0.3, 0.4) is 0 Å². The van der Waals surface area contributed by atoms with E-state index >= 15 is 0 Å². The van der Waals surface area contributed by atoms with Crippen LogP contribution in [0.2, 0.25) is 0 Å². The van der Waals surface area contributed by atoms with Crippen LogP contribution >= 0.6 is 0 Å². The minimum atomic E-state index is -0.0120. The van der Waals surface area contributed by atoms with Gasteiger partial charge in [-0.2, -0.15) is 0 Å². The van der Waals surface area contributed by atoms with Crippen LogP contribution < -0.4 is 10.1 Å². The number of aromatic nitrogens is 2. The maximum atomic E-state index is 12.6. The molecule has 26 heavy (non-hydrogen) atoms. The molecule has 1 fully saturated rings. The molecular formula is C19H25N5O2. The Morgan fingerprint density at radius 3 is 2.46 bits per heavy atom. The second kappa shape index (κ2) is 8.62. The highest BCUT2D eigenvalue weighted by atomic mass is 16.5. The predicted octanol–water partition coefficient (Wildman–Crippen LogP) is 2.40. The van der Waals surface area contributed by atoms with Gasteiger partial charge >= 0.3 is 0 Å². The molecule has 138 valence electrons. The zero-order valence-corrected chi connectivity index (χ0v) is 15.3. The van der Waals surface area contributed by atoms with Crippen LogP contribution in [-0.2, 0) is 0 Å². The SMILES string of the molecule is CCOc1ccccc1Nc1ncc(C(=O)N2CCN(CC)CC2)cn1. The molecule has 2 aromatic rings. The van der Waals surface area contributed by atoms with Crippen LogP contribution in [-0.4, -0.2) is 65.0 Å². The molecule has 1 aromatic heterocycles. The number of anilines is 2. The standard InChI is InChI=1S/C19H25N5O2/c1-3-23-9-11-24(12-10-23)18(25)15-13-20-19(21-14-15)22-16-7-5-6-8-17(16)26-4-2/h5-8,13-14H,3-4,9-12H2,1-2H3,(H,20,21,22). The van der Waals surface area contributed by atoms with E-state index in [1.54, 1.807) is 12.4 Å². The molecule has 3 rings (SSSR count). The number of hydrogen-bond donors (Lipinski definition) is 1. The van der Waals surface area contributed by atoms with Crippen molar-refractivity contribution in [2.24, 2.45) is 0 Å². The largest absolute Gasteiger partial charge is 0.492 e. The Kier molecular flexibility index (Phi) is 6.01. The minimum Gasteiger partial charge on any atom is -0.492 e. The van der Waals surface area contributed by atoms with E-state index in [0.29, 0.717) is 18.1 Å². The van der Waals surface area contributed by atoms with E-state index in [1.165, 1.54) is 0 Å². The Labute approximate surface area is 154 Å². The summed E-state index contributed by atoms with van der Waals surface area (Å²) in [5.74, 6) is 1.17. The predicted molar refractivity (Wildman–Crippen MR) is 101 cm³/mol. The Morgan fingerprint density at radius 1 is 1.12 bits per heavy atom. The van der Waals surface area contributed by atoms with Crippen LogP contribution in [0.4, 0.5) is 11.6 Å². The first kappa shape index (κ1) is 18.1. The van der Waals surface area contributed by atoms with Gasteiger partial charge in [0.2, 0.25) is 5.95 Å². The fraction of sp³-hybridized carbons (Fsp3) is 0.421. The molecule has 0 spiro atoms. The molecule has 7 heteroatoms. The van der Waals surface area contributed by atoms with Gasteiger partial charge < -0.3 is 19.9 Å². The van der Waals surface area contributed by atoms with E-state index in [0.717, 1.165) is 44.2 Å². The van der Waals surface area contributed by atoms with Crippen molar-refractivity contribution in [3.8, 4) is 5.75 Å². The lowest BCUT2D eigenvalue weighted by Gasteiger charge is -2.33. The molecule has 0 unspecified atom stereocenters. The molecule has 0 saturated carbocycles. The van der Waals surface area contributed by atoms with E-state index in [1.807, 2.05) is 36.1 Å². The normalized spacial score (nSPS) is 14.9. The Hall–Kier alpha value is -2.67. The molecule has 0 atom stereocenters. The highest BCUT2D eigenvalue weighted by Crippen LogP contribution is 2.25. The highest BCUT2D eigenvalue weighted by molar-refractivity contribution is 5.93. The molecule has 1 saturated heterocycles. The first-order valence-electron chi connectivity index (χ1n) is 9.03. The average molecular weight is 355 g/mol. The molecule has 0 radical (unpaired) electrons. The second-order valence-corrected chi connectivity index (χ2v) is 6.08. The fourth-order valence-electron chi connectivity index (χ4n) is 2.92. The number of ether oxygens (including phenoxy) is 1. The number of rotatable bonds is 6. The van der Waals surface area contributed by atoms with Gasteiger partial charge in [0.05, 0.1) is 17.9 Å². The Bertz CT molecular complexity index is 727. The van der Waals surface area contributed by atoms with Gasteiger partial charge in [-0.1, -0.05) is 19.1 Å². The second-order valence-electron chi connectivity index (χ2n) is 6.08. The molecule has 0 bridgehead atoms. The number of benzene rings is 1. The molecule has 1 aromatic carbocycles. The van der Waals surface area contributed by atoms with E-state index in [4.69, 9.17) is 4.74 Å². The van der Waals surface area contributed by atoms with E-state index in [-0.39, 0.29) is 5.91 Å². The van der Waals surface area contributed by atoms with Crippen molar-refractivity contribution in [1.29, 1.82) is 0 Å². The van der Waals surface area contributed by atoms with Gasteiger partial charge in [-0.25, -0.2) is 9.97 Å². The quantitative estimate of drug-likeness (QED) is 0.858. The van der Waals surface area contributed by atoms with E-state index in [2.05, 4.69) is 27.1 Å². The lowest BCUT2D eigenvalue weighted by Crippen LogP contribution is -2.48. The van der Waals surface area contributed by atoms with Crippen LogP contribution in [0.15, 0.2) is 36.7 Å². The third kappa shape index (κ3) is 4.29. The van der Waals surface area contributed by atoms with Crippen molar-refractivity contribution < 1.29 is 9.53 Å². The number of para-hydroxylation sites is 2. The zero-order valence-electron chi connectivity index (χ0n) is 15.3. The highest BCUT2D eigenvalue weighted by Gasteiger charge is 2.21. The van der Waals surface area contributed by atoms with Crippen molar-refractivity contribution in [3.05, 3.63) is 42.2 Å². The molecule has 1 aliphatic heterocycles. The third-order valence-electron chi connectivity index (χ3n) is 4.44. The lowest BCUT2D eigenvalue weighted by atomic mass is 10.2. The fourth-order valence-corrected chi connectivity index (χ4v) is 2.92. The number of carbonyl (C=O) groups excluding carboxylic acids is 1. The summed E-state index contributed by atoms with van der Waals surface area (Å²) in [6.45, 7) is 9.00. The molecule has 2 heterocycles.